The first-order valence-electron chi connectivity index (χ1n) is 6.26. The maximum atomic E-state index is 13.6. The van der Waals surface area contributed by atoms with Crippen LogP contribution in [0.5, 0.6) is 0 Å². The molecule has 2 rings (SSSR count). The number of aliphatic hydroxyl groups is 1. The summed E-state index contributed by atoms with van der Waals surface area (Å²) in [5, 5.41) is 8.87. The van der Waals surface area contributed by atoms with E-state index in [1.54, 1.807) is 6.07 Å². The molecule has 0 radical (unpaired) electrons. The monoisotopic (exact) mass is 240 g/mol. The molecule has 0 saturated heterocycles. The zero-order chi connectivity index (χ0) is 12.3. The molecule has 1 aliphatic rings. The summed E-state index contributed by atoms with van der Waals surface area (Å²) in [6, 6.07) is 3.87. The highest BCUT2D eigenvalue weighted by Crippen LogP contribution is 2.37. The second-order valence-corrected chi connectivity index (χ2v) is 4.90. The topological polar surface area (TPSA) is 20.2 Å². The first-order valence-corrected chi connectivity index (χ1v) is 6.26. The van der Waals surface area contributed by atoms with Gasteiger partial charge in [0, 0.05) is 12.7 Å². The maximum Gasteiger partial charge on any atom is 0.129 e. The van der Waals surface area contributed by atoms with Gasteiger partial charge in [0.2, 0.25) is 0 Å². The van der Waals surface area contributed by atoms with Gasteiger partial charge in [-0.2, -0.15) is 0 Å². The Kier molecular flexibility index (Phi) is 4.11. The van der Waals surface area contributed by atoms with Crippen molar-refractivity contribution in [1.29, 1.82) is 0 Å². The standard InChI is InChI=1S/C14H18F2O/c15-12-5-6-13(14(16)9-12)11-3-1-10(2-4-11)7-8-17/h5-6,9-11,17H,1-4,7-8H2. The Morgan fingerprint density at radius 3 is 2.41 bits per heavy atom. The van der Waals surface area contributed by atoms with Crippen molar-refractivity contribution in [3.63, 3.8) is 0 Å². The van der Waals surface area contributed by atoms with Crippen molar-refractivity contribution in [3.8, 4) is 0 Å². The minimum atomic E-state index is -0.514. The van der Waals surface area contributed by atoms with E-state index in [-0.39, 0.29) is 12.5 Å². The molecular weight excluding hydrogens is 222 g/mol. The third kappa shape index (κ3) is 3.03. The lowest BCUT2D eigenvalue weighted by molar-refractivity contribution is 0.221. The first-order chi connectivity index (χ1) is 8.20. The number of benzene rings is 1. The Balaban J connectivity index is 2.00. The molecule has 1 aliphatic carbocycles. The van der Waals surface area contributed by atoms with Gasteiger partial charge in [-0.1, -0.05) is 6.07 Å². The summed E-state index contributed by atoms with van der Waals surface area (Å²) in [7, 11) is 0. The molecule has 0 aromatic heterocycles. The molecule has 1 aromatic rings. The van der Waals surface area contributed by atoms with E-state index >= 15 is 0 Å². The summed E-state index contributed by atoms with van der Waals surface area (Å²) in [4.78, 5) is 0. The molecule has 0 heterocycles. The zero-order valence-electron chi connectivity index (χ0n) is 9.83. The summed E-state index contributed by atoms with van der Waals surface area (Å²) >= 11 is 0. The number of rotatable bonds is 3. The predicted molar refractivity (Wildman–Crippen MR) is 62.8 cm³/mol. The van der Waals surface area contributed by atoms with Crippen LogP contribution in [-0.4, -0.2) is 11.7 Å². The fourth-order valence-corrected chi connectivity index (χ4v) is 2.78. The molecule has 0 spiro atoms. The molecule has 0 bridgehead atoms. The molecule has 1 aromatic carbocycles. The van der Waals surface area contributed by atoms with Crippen molar-refractivity contribution in [1.82, 2.24) is 0 Å². The maximum absolute atomic E-state index is 13.6. The molecule has 0 atom stereocenters. The quantitative estimate of drug-likeness (QED) is 0.855. The van der Waals surface area contributed by atoms with E-state index < -0.39 is 11.6 Å². The number of halogens is 2. The normalized spacial score (nSPS) is 24.9. The summed E-state index contributed by atoms with van der Waals surface area (Å²) in [6.45, 7) is 0.236. The number of hydrogen-bond donors (Lipinski definition) is 1. The second-order valence-electron chi connectivity index (χ2n) is 4.90. The third-order valence-corrected chi connectivity index (χ3v) is 3.79. The Morgan fingerprint density at radius 1 is 1.12 bits per heavy atom. The summed E-state index contributed by atoms with van der Waals surface area (Å²) < 4.78 is 26.4. The van der Waals surface area contributed by atoms with E-state index in [1.807, 2.05) is 0 Å². The van der Waals surface area contributed by atoms with Gasteiger partial charge >= 0.3 is 0 Å². The van der Waals surface area contributed by atoms with Gasteiger partial charge in [-0.3, -0.25) is 0 Å². The van der Waals surface area contributed by atoms with Crippen molar-refractivity contribution in [2.75, 3.05) is 6.61 Å². The van der Waals surface area contributed by atoms with Gasteiger partial charge in [0.1, 0.15) is 11.6 Å². The van der Waals surface area contributed by atoms with Crippen LogP contribution < -0.4 is 0 Å². The van der Waals surface area contributed by atoms with Gasteiger partial charge in [-0.25, -0.2) is 8.78 Å². The highest BCUT2D eigenvalue weighted by atomic mass is 19.1. The lowest BCUT2D eigenvalue weighted by Crippen LogP contribution is -2.15. The lowest BCUT2D eigenvalue weighted by Gasteiger charge is -2.28. The second kappa shape index (κ2) is 5.58. The highest BCUT2D eigenvalue weighted by Gasteiger charge is 2.24. The van der Waals surface area contributed by atoms with Gasteiger partial charge in [-0.15, -0.1) is 0 Å². The van der Waals surface area contributed by atoms with Crippen LogP contribution in [0.3, 0.4) is 0 Å². The Labute approximate surface area is 100 Å². The van der Waals surface area contributed by atoms with Gasteiger partial charge in [-0.05, 0) is 55.6 Å². The van der Waals surface area contributed by atoms with E-state index in [4.69, 9.17) is 5.11 Å². The van der Waals surface area contributed by atoms with Crippen LogP contribution >= 0.6 is 0 Å². The van der Waals surface area contributed by atoms with Crippen molar-refractivity contribution < 1.29 is 13.9 Å². The van der Waals surface area contributed by atoms with Gasteiger partial charge < -0.3 is 5.11 Å². The zero-order valence-corrected chi connectivity index (χ0v) is 9.83. The fourth-order valence-electron chi connectivity index (χ4n) is 2.78. The minimum Gasteiger partial charge on any atom is -0.396 e. The molecule has 17 heavy (non-hydrogen) atoms. The average molecular weight is 240 g/mol. The molecule has 1 fully saturated rings. The highest BCUT2D eigenvalue weighted by molar-refractivity contribution is 5.23. The van der Waals surface area contributed by atoms with Gasteiger partial charge in [0.05, 0.1) is 0 Å². The SMILES string of the molecule is OCCC1CCC(c2ccc(F)cc2F)CC1. The molecule has 1 N–H and O–H groups in total. The van der Waals surface area contributed by atoms with Crippen LogP contribution in [0.1, 0.15) is 43.6 Å². The molecule has 94 valence electrons. The lowest BCUT2D eigenvalue weighted by atomic mass is 9.77. The van der Waals surface area contributed by atoms with Crippen LogP contribution in [0.15, 0.2) is 18.2 Å². The van der Waals surface area contributed by atoms with E-state index in [2.05, 4.69) is 0 Å². The fraction of sp³-hybridized carbons (Fsp3) is 0.571. The number of hydrogen-bond acceptors (Lipinski definition) is 1. The molecular formula is C14H18F2O. The Morgan fingerprint density at radius 2 is 1.82 bits per heavy atom. The van der Waals surface area contributed by atoms with Crippen LogP contribution in [0.2, 0.25) is 0 Å². The first kappa shape index (κ1) is 12.5. The molecule has 0 amide bonds. The molecule has 3 heteroatoms. The summed E-state index contributed by atoms with van der Waals surface area (Å²) in [6.07, 6.45) is 4.78. The summed E-state index contributed by atoms with van der Waals surface area (Å²) in [5.41, 5.74) is 0.647. The van der Waals surface area contributed by atoms with Gasteiger partial charge in [0.15, 0.2) is 0 Å². The molecule has 0 aliphatic heterocycles. The Hall–Kier alpha value is -0.960. The third-order valence-electron chi connectivity index (χ3n) is 3.79. The smallest absolute Gasteiger partial charge is 0.129 e. The van der Waals surface area contributed by atoms with Crippen molar-refractivity contribution in [2.45, 2.75) is 38.0 Å². The van der Waals surface area contributed by atoms with Crippen molar-refractivity contribution >= 4 is 0 Å². The average Bonchev–Trinajstić information content (AvgIpc) is 2.31. The molecule has 1 nitrogen and oxygen atoms in total. The summed E-state index contributed by atoms with van der Waals surface area (Å²) in [5.74, 6) is -0.152. The van der Waals surface area contributed by atoms with Crippen LogP contribution in [0, 0.1) is 17.6 Å². The van der Waals surface area contributed by atoms with Gasteiger partial charge in [0.25, 0.3) is 0 Å². The minimum absolute atomic E-state index is 0.213. The van der Waals surface area contributed by atoms with Crippen LogP contribution in [0.25, 0.3) is 0 Å². The van der Waals surface area contributed by atoms with Crippen molar-refractivity contribution in [2.24, 2.45) is 5.92 Å². The molecule has 1 saturated carbocycles. The Bertz CT molecular complexity index is 370. The predicted octanol–water partition coefficient (Wildman–Crippen LogP) is 3.62. The van der Waals surface area contributed by atoms with Crippen LogP contribution in [0.4, 0.5) is 8.78 Å². The van der Waals surface area contributed by atoms with E-state index in [9.17, 15) is 8.78 Å². The largest absolute Gasteiger partial charge is 0.396 e. The van der Waals surface area contributed by atoms with E-state index in [0.29, 0.717) is 11.5 Å². The molecule has 0 unspecified atom stereocenters. The number of aliphatic hydroxyl groups excluding tert-OH is 1. The van der Waals surface area contributed by atoms with Crippen molar-refractivity contribution in [3.05, 3.63) is 35.4 Å². The van der Waals surface area contributed by atoms with E-state index in [0.717, 1.165) is 38.2 Å². The van der Waals surface area contributed by atoms with E-state index in [1.165, 1.54) is 6.07 Å². The van der Waals surface area contributed by atoms with Crippen LogP contribution in [-0.2, 0) is 0 Å².